The van der Waals surface area contributed by atoms with Gasteiger partial charge in [-0.3, -0.25) is 19.2 Å². The molecule has 0 aliphatic rings. The lowest BCUT2D eigenvalue weighted by Gasteiger charge is -2.18. The third kappa shape index (κ3) is 9.88. The van der Waals surface area contributed by atoms with Crippen LogP contribution in [0.15, 0.2) is 122 Å². The molecule has 0 saturated carbocycles. The van der Waals surface area contributed by atoms with E-state index in [1.165, 1.54) is 30.6 Å². The number of benzene rings is 4. The van der Waals surface area contributed by atoms with E-state index in [0.29, 0.717) is 16.9 Å². The highest BCUT2D eigenvalue weighted by Gasteiger charge is 2.31. The number of aryl methyl sites for hydroxylation is 1. The molecule has 14 heteroatoms. The molecule has 264 valence electrons. The van der Waals surface area contributed by atoms with Crippen LogP contribution < -0.4 is 26.6 Å². The molecule has 1 atom stereocenters. The van der Waals surface area contributed by atoms with Gasteiger partial charge in [0.1, 0.15) is 6.04 Å². The zero-order valence-corrected chi connectivity index (χ0v) is 27.6. The van der Waals surface area contributed by atoms with E-state index in [1.807, 2.05) is 30.3 Å². The van der Waals surface area contributed by atoms with E-state index in [1.54, 1.807) is 37.3 Å². The number of aromatic nitrogens is 2. The maximum absolute atomic E-state index is 13.2. The topological polar surface area (TPSA) is 154 Å². The molecule has 5 N–H and O–H groups in total. The summed E-state index contributed by atoms with van der Waals surface area (Å²) in [6.07, 6.45) is -0.475. The summed E-state index contributed by atoms with van der Waals surface area (Å²) in [6.45, 7) is 5.15. The number of hydrogen-bond acceptors (Lipinski definition) is 7. The van der Waals surface area contributed by atoms with Crippen molar-refractivity contribution in [2.45, 2.75) is 25.6 Å². The molecular weight excluding hydrogens is 675 g/mol. The Bertz CT molecular complexity index is 2110. The fraction of sp³-hybridized carbons (Fsp3) is 0.105. The predicted molar refractivity (Wildman–Crippen MR) is 191 cm³/mol. The maximum atomic E-state index is 13.2. The van der Waals surface area contributed by atoms with E-state index in [0.717, 1.165) is 29.8 Å². The van der Waals surface area contributed by atoms with Crippen molar-refractivity contribution in [1.29, 1.82) is 0 Å². The van der Waals surface area contributed by atoms with Gasteiger partial charge in [0, 0.05) is 34.6 Å². The molecule has 0 saturated heterocycles. The van der Waals surface area contributed by atoms with Crippen molar-refractivity contribution >= 4 is 52.3 Å². The number of carbonyl (C=O) groups excluding carboxylic acids is 4. The molecule has 5 rings (SSSR count). The zero-order chi connectivity index (χ0) is 37.3. The number of nitrogens with one attached hydrogen (secondary N) is 5. The van der Waals surface area contributed by atoms with Crippen molar-refractivity contribution in [3.05, 3.63) is 150 Å². The van der Waals surface area contributed by atoms with Crippen LogP contribution in [0.25, 0.3) is 0 Å². The molecule has 4 amide bonds. The van der Waals surface area contributed by atoms with Crippen LogP contribution in [0.5, 0.6) is 0 Å². The minimum absolute atomic E-state index is 0.189. The van der Waals surface area contributed by atoms with Crippen molar-refractivity contribution in [1.82, 2.24) is 15.3 Å². The van der Waals surface area contributed by atoms with Gasteiger partial charge in [0.2, 0.25) is 17.8 Å². The van der Waals surface area contributed by atoms with Gasteiger partial charge in [-0.2, -0.15) is 13.2 Å². The van der Waals surface area contributed by atoms with Crippen LogP contribution in [-0.4, -0.2) is 39.6 Å². The van der Waals surface area contributed by atoms with E-state index in [9.17, 15) is 32.3 Å². The number of carbonyl (C=O) groups is 4. The molecule has 52 heavy (non-hydrogen) atoms. The smallest absolute Gasteiger partial charge is 0.340 e. The van der Waals surface area contributed by atoms with E-state index >= 15 is 0 Å². The van der Waals surface area contributed by atoms with Gasteiger partial charge in [0.15, 0.2) is 0 Å². The Morgan fingerprint density at radius 3 is 2.13 bits per heavy atom. The number of amides is 4. The summed E-state index contributed by atoms with van der Waals surface area (Å²) in [6, 6.07) is 23.8. The Morgan fingerprint density at radius 2 is 1.42 bits per heavy atom. The Kier molecular flexibility index (Phi) is 11.4. The lowest BCUT2D eigenvalue weighted by molar-refractivity contribution is -0.137. The van der Waals surface area contributed by atoms with Crippen LogP contribution in [0.4, 0.5) is 41.9 Å². The molecule has 1 aromatic heterocycles. The second-order valence-corrected chi connectivity index (χ2v) is 11.5. The largest absolute Gasteiger partial charge is 0.416 e. The summed E-state index contributed by atoms with van der Waals surface area (Å²) < 4.78 is 39.3. The summed E-state index contributed by atoms with van der Waals surface area (Å²) in [5, 5.41) is 13.7. The van der Waals surface area contributed by atoms with Crippen LogP contribution in [0, 0.1) is 6.92 Å². The summed E-state index contributed by atoms with van der Waals surface area (Å²) in [7, 11) is 0. The molecule has 11 nitrogen and oxygen atoms in total. The van der Waals surface area contributed by atoms with Crippen molar-refractivity contribution in [3.8, 4) is 0 Å². The first kappa shape index (κ1) is 36.5. The fourth-order valence-electron chi connectivity index (χ4n) is 4.96. The van der Waals surface area contributed by atoms with Gasteiger partial charge < -0.3 is 26.6 Å². The first-order valence-corrected chi connectivity index (χ1v) is 15.8. The van der Waals surface area contributed by atoms with E-state index in [2.05, 4.69) is 43.1 Å². The Balaban J connectivity index is 1.20. The van der Waals surface area contributed by atoms with Crippen LogP contribution in [0.1, 0.15) is 37.4 Å². The summed E-state index contributed by atoms with van der Waals surface area (Å²) in [5.41, 5.74) is 1.98. The standard InChI is InChI=1S/C38H32F3N7O4/c1-3-33(49)48-32(17-24-9-5-4-6-10-24)36(52)45-27-13-8-14-28(19-27)47-37-42-21-30(22-43-37)46-35(51)31-20-29(16-15-23(31)2)44-34(50)25-11-7-12-26(18-25)38(39,40)41/h3-16,18-22,32H,1,17H2,2H3,(H,44,50)(H,45,52)(H,46,51)(H,48,49)(H,42,43,47)/t32-/m1/s1. The van der Waals surface area contributed by atoms with Crippen LogP contribution in [0.2, 0.25) is 0 Å². The Hall–Kier alpha value is -6.83. The van der Waals surface area contributed by atoms with Gasteiger partial charge >= 0.3 is 6.18 Å². The van der Waals surface area contributed by atoms with Crippen molar-refractivity contribution in [2.24, 2.45) is 0 Å². The number of anilines is 5. The third-order valence-corrected chi connectivity index (χ3v) is 7.59. The van der Waals surface area contributed by atoms with Gasteiger partial charge in [0.25, 0.3) is 11.8 Å². The molecule has 0 radical (unpaired) electrons. The molecule has 0 aliphatic carbocycles. The number of hydrogen-bond donors (Lipinski definition) is 5. The van der Waals surface area contributed by atoms with Crippen molar-refractivity contribution in [2.75, 3.05) is 21.3 Å². The normalized spacial score (nSPS) is 11.5. The minimum Gasteiger partial charge on any atom is -0.340 e. The molecule has 4 aromatic carbocycles. The van der Waals surface area contributed by atoms with Gasteiger partial charge in [-0.05, 0) is 72.7 Å². The van der Waals surface area contributed by atoms with E-state index in [-0.39, 0.29) is 34.9 Å². The van der Waals surface area contributed by atoms with E-state index in [4.69, 9.17) is 0 Å². The monoisotopic (exact) mass is 707 g/mol. The molecule has 1 heterocycles. The lowest BCUT2D eigenvalue weighted by atomic mass is 10.0. The summed E-state index contributed by atoms with van der Waals surface area (Å²) in [5.74, 6) is -2.01. The maximum Gasteiger partial charge on any atom is 0.416 e. The SMILES string of the molecule is C=CC(=O)N[C@H](Cc1ccccc1)C(=O)Nc1cccc(Nc2ncc(NC(=O)c3cc(NC(=O)c4cccc(C(F)(F)F)c4)ccc3C)cn2)c1. The average Bonchev–Trinajstić information content (AvgIpc) is 3.13. The highest BCUT2D eigenvalue weighted by Crippen LogP contribution is 2.30. The summed E-state index contributed by atoms with van der Waals surface area (Å²) in [4.78, 5) is 59.5. The Labute approximate surface area is 296 Å². The van der Waals surface area contributed by atoms with Gasteiger partial charge in [-0.25, -0.2) is 9.97 Å². The molecule has 0 aliphatic heterocycles. The fourth-order valence-corrected chi connectivity index (χ4v) is 4.96. The van der Waals surface area contributed by atoms with Gasteiger partial charge in [0.05, 0.1) is 23.6 Å². The van der Waals surface area contributed by atoms with Crippen LogP contribution in [-0.2, 0) is 22.2 Å². The highest BCUT2D eigenvalue weighted by molar-refractivity contribution is 6.08. The average molecular weight is 708 g/mol. The van der Waals surface area contributed by atoms with Gasteiger partial charge in [-0.1, -0.05) is 55.1 Å². The van der Waals surface area contributed by atoms with Gasteiger partial charge in [-0.15, -0.1) is 0 Å². The first-order valence-electron chi connectivity index (χ1n) is 15.8. The third-order valence-electron chi connectivity index (χ3n) is 7.59. The second-order valence-electron chi connectivity index (χ2n) is 11.5. The molecular formula is C38H32F3N7O4. The number of rotatable bonds is 12. The van der Waals surface area contributed by atoms with E-state index < -0.39 is 41.4 Å². The molecule has 0 spiro atoms. The molecule has 0 unspecified atom stereocenters. The molecule has 5 aromatic rings. The first-order chi connectivity index (χ1) is 24.9. The Morgan fingerprint density at radius 1 is 0.750 bits per heavy atom. The summed E-state index contributed by atoms with van der Waals surface area (Å²) >= 11 is 0. The minimum atomic E-state index is -4.60. The number of nitrogens with zero attached hydrogens (tertiary/aromatic N) is 2. The quantitative estimate of drug-likeness (QED) is 0.0884. The molecule has 0 fully saturated rings. The number of alkyl halides is 3. The predicted octanol–water partition coefficient (Wildman–Crippen LogP) is 6.90. The molecule has 0 bridgehead atoms. The van der Waals surface area contributed by atoms with Crippen LogP contribution in [0.3, 0.4) is 0 Å². The van der Waals surface area contributed by atoms with Crippen molar-refractivity contribution < 1.29 is 32.3 Å². The second kappa shape index (κ2) is 16.3. The van der Waals surface area contributed by atoms with Crippen molar-refractivity contribution in [3.63, 3.8) is 0 Å². The number of halogens is 3. The highest BCUT2D eigenvalue weighted by atomic mass is 19.4. The zero-order valence-electron chi connectivity index (χ0n) is 27.6. The lowest BCUT2D eigenvalue weighted by Crippen LogP contribution is -2.44. The van der Waals surface area contributed by atoms with Crippen LogP contribution >= 0.6 is 0 Å².